The summed E-state index contributed by atoms with van der Waals surface area (Å²) in [5.74, 6) is 0. The molecule has 1 amide bonds. The topological polar surface area (TPSA) is 29.5 Å². The summed E-state index contributed by atoms with van der Waals surface area (Å²) in [6.07, 6.45) is -2.63. The number of carbonyl (C=O) groups excluding carboxylic acids is 1. The van der Waals surface area contributed by atoms with E-state index in [1.165, 1.54) is 7.05 Å². The van der Waals surface area contributed by atoms with Crippen molar-refractivity contribution in [1.82, 2.24) is 4.90 Å². The van der Waals surface area contributed by atoms with Gasteiger partial charge in [0.15, 0.2) is 0 Å². The van der Waals surface area contributed by atoms with Gasteiger partial charge in [-0.15, -0.1) is 0 Å². The Balaban J connectivity index is 2.64. The van der Waals surface area contributed by atoms with E-state index < -0.39 is 25.2 Å². The minimum absolute atomic E-state index is 0.810. The Labute approximate surface area is 56.6 Å². The summed E-state index contributed by atoms with van der Waals surface area (Å²) >= 11 is 0. The number of ether oxygens (including phenoxy) is 1. The standard InChI is InChI=1S/C5H7F2NO2/c1-8-3(2-6)4(7)10-5(8)9/h3-4H,2H2,1H3. The van der Waals surface area contributed by atoms with Gasteiger partial charge in [0.1, 0.15) is 12.7 Å². The third kappa shape index (κ3) is 0.913. The molecule has 0 radical (unpaired) electrons. The van der Waals surface area contributed by atoms with Gasteiger partial charge < -0.3 is 4.74 Å². The Morgan fingerprint density at radius 2 is 2.40 bits per heavy atom. The predicted octanol–water partition coefficient (Wildman–Crippen LogP) is 0.702. The predicted molar refractivity (Wildman–Crippen MR) is 28.9 cm³/mol. The van der Waals surface area contributed by atoms with Crippen LogP contribution in [0.5, 0.6) is 0 Å². The zero-order chi connectivity index (χ0) is 7.72. The van der Waals surface area contributed by atoms with Crippen LogP contribution in [-0.4, -0.2) is 37.1 Å². The van der Waals surface area contributed by atoms with E-state index in [1.54, 1.807) is 0 Å². The van der Waals surface area contributed by atoms with E-state index in [9.17, 15) is 13.6 Å². The van der Waals surface area contributed by atoms with Crippen molar-refractivity contribution in [2.75, 3.05) is 13.7 Å². The lowest BCUT2D eigenvalue weighted by atomic mass is 10.3. The van der Waals surface area contributed by atoms with E-state index in [0.29, 0.717) is 0 Å². The van der Waals surface area contributed by atoms with Gasteiger partial charge in [0.2, 0.25) is 0 Å². The number of hydrogen-bond donors (Lipinski definition) is 0. The largest absolute Gasteiger partial charge is 0.412 e. The van der Waals surface area contributed by atoms with Gasteiger partial charge in [0.05, 0.1) is 0 Å². The van der Waals surface area contributed by atoms with Crippen LogP contribution in [0, 0.1) is 0 Å². The summed E-state index contributed by atoms with van der Waals surface area (Å²) in [4.78, 5) is 11.4. The molecule has 0 spiro atoms. The van der Waals surface area contributed by atoms with Crippen LogP contribution < -0.4 is 0 Å². The SMILES string of the molecule is CN1C(=O)OC(F)C1CF. The first-order chi connectivity index (χ1) is 4.66. The van der Waals surface area contributed by atoms with Crippen molar-refractivity contribution in [1.29, 1.82) is 0 Å². The third-order valence-corrected chi connectivity index (χ3v) is 1.46. The summed E-state index contributed by atoms with van der Waals surface area (Å²) in [5, 5.41) is 0. The molecule has 0 aromatic carbocycles. The van der Waals surface area contributed by atoms with Crippen LogP contribution in [0.4, 0.5) is 13.6 Å². The molecule has 2 atom stereocenters. The number of hydrogen-bond acceptors (Lipinski definition) is 2. The summed E-state index contributed by atoms with van der Waals surface area (Å²) in [6.45, 7) is -0.913. The molecule has 0 saturated carbocycles. The monoisotopic (exact) mass is 151 g/mol. The Bertz CT molecular complexity index is 153. The molecule has 1 aliphatic heterocycles. The molecule has 1 fully saturated rings. The number of rotatable bonds is 1. The number of nitrogens with zero attached hydrogens (tertiary/aromatic N) is 1. The zero-order valence-electron chi connectivity index (χ0n) is 5.38. The number of alkyl halides is 2. The van der Waals surface area contributed by atoms with Crippen LogP contribution in [0.3, 0.4) is 0 Å². The fourth-order valence-electron chi connectivity index (χ4n) is 0.743. The van der Waals surface area contributed by atoms with Crippen LogP contribution in [0.1, 0.15) is 0 Å². The van der Waals surface area contributed by atoms with Gasteiger partial charge in [0.25, 0.3) is 6.36 Å². The van der Waals surface area contributed by atoms with Crippen molar-refractivity contribution in [2.45, 2.75) is 12.4 Å². The van der Waals surface area contributed by atoms with E-state index in [-0.39, 0.29) is 0 Å². The van der Waals surface area contributed by atoms with Crippen molar-refractivity contribution in [2.24, 2.45) is 0 Å². The lowest BCUT2D eigenvalue weighted by Crippen LogP contribution is -2.33. The second kappa shape index (κ2) is 2.40. The summed E-state index contributed by atoms with van der Waals surface area (Å²) in [7, 11) is 1.30. The van der Waals surface area contributed by atoms with Gasteiger partial charge in [-0.25, -0.2) is 9.18 Å². The highest BCUT2D eigenvalue weighted by molar-refractivity contribution is 5.69. The molecule has 0 aromatic rings. The van der Waals surface area contributed by atoms with Crippen molar-refractivity contribution < 1.29 is 18.3 Å². The smallest absolute Gasteiger partial charge is 0.412 e. The van der Waals surface area contributed by atoms with Crippen LogP contribution in [0.25, 0.3) is 0 Å². The van der Waals surface area contributed by atoms with Crippen molar-refractivity contribution in [3.05, 3.63) is 0 Å². The maximum Gasteiger partial charge on any atom is 0.412 e. The summed E-state index contributed by atoms with van der Waals surface area (Å²) in [5.41, 5.74) is 0. The molecule has 2 unspecified atom stereocenters. The molecule has 1 rings (SSSR count). The van der Waals surface area contributed by atoms with Crippen LogP contribution in [-0.2, 0) is 4.74 Å². The quantitative estimate of drug-likeness (QED) is 0.552. The second-order valence-corrected chi connectivity index (χ2v) is 2.07. The molecule has 10 heavy (non-hydrogen) atoms. The number of halogens is 2. The fourth-order valence-corrected chi connectivity index (χ4v) is 0.743. The van der Waals surface area contributed by atoms with Crippen molar-refractivity contribution in [3.63, 3.8) is 0 Å². The van der Waals surface area contributed by atoms with Gasteiger partial charge in [-0.2, -0.15) is 4.39 Å². The van der Waals surface area contributed by atoms with Crippen molar-refractivity contribution in [3.8, 4) is 0 Å². The fraction of sp³-hybridized carbons (Fsp3) is 0.800. The van der Waals surface area contributed by atoms with Crippen molar-refractivity contribution >= 4 is 6.09 Å². The highest BCUT2D eigenvalue weighted by Crippen LogP contribution is 2.18. The lowest BCUT2D eigenvalue weighted by Gasteiger charge is -2.11. The Hall–Kier alpha value is -0.870. The van der Waals surface area contributed by atoms with Gasteiger partial charge in [-0.05, 0) is 0 Å². The molecular formula is C5H7F2NO2. The average Bonchev–Trinajstić information content (AvgIpc) is 2.09. The Morgan fingerprint density at radius 1 is 1.80 bits per heavy atom. The maximum atomic E-state index is 12.4. The van der Waals surface area contributed by atoms with Crippen LogP contribution >= 0.6 is 0 Å². The normalized spacial score (nSPS) is 32.7. The van der Waals surface area contributed by atoms with E-state index in [1.807, 2.05) is 0 Å². The molecule has 0 aromatic heterocycles. The molecule has 1 heterocycles. The molecule has 1 aliphatic rings. The molecule has 0 aliphatic carbocycles. The molecule has 0 N–H and O–H groups in total. The van der Waals surface area contributed by atoms with E-state index >= 15 is 0 Å². The van der Waals surface area contributed by atoms with Gasteiger partial charge in [-0.1, -0.05) is 0 Å². The molecular weight excluding hydrogens is 144 g/mol. The van der Waals surface area contributed by atoms with Gasteiger partial charge in [-0.3, -0.25) is 4.90 Å². The van der Waals surface area contributed by atoms with E-state index in [4.69, 9.17) is 0 Å². The highest BCUT2D eigenvalue weighted by Gasteiger charge is 2.39. The number of carbonyl (C=O) groups is 1. The van der Waals surface area contributed by atoms with E-state index in [0.717, 1.165) is 4.90 Å². The lowest BCUT2D eigenvalue weighted by molar-refractivity contribution is 0.0312. The maximum absolute atomic E-state index is 12.4. The molecule has 58 valence electrons. The van der Waals surface area contributed by atoms with Crippen LogP contribution in [0.15, 0.2) is 0 Å². The average molecular weight is 151 g/mol. The number of cyclic esters (lactones) is 1. The minimum atomic E-state index is -1.82. The Kier molecular flexibility index (Phi) is 1.74. The molecule has 5 heteroatoms. The highest BCUT2D eigenvalue weighted by atomic mass is 19.2. The first-order valence-electron chi connectivity index (χ1n) is 2.80. The van der Waals surface area contributed by atoms with Crippen LogP contribution in [0.2, 0.25) is 0 Å². The molecule has 0 bridgehead atoms. The molecule has 3 nitrogen and oxygen atoms in total. The van der Waals surface area contributed by atoms with Gasteiger partial charge >= 0.3 is 6.09 Å². The Morgan fingerprint density at radius 3 is 2.60 bits per heavy atom. The van der Waals surface area contributed by atoms with Gasteiger partial charge in [0, 0.05) is 7.05 Å². The number of amides is 1. The van der Waals surface area contributed by atoms with E-state index in [2.05, 4.69) is 4.74 Å². The minimum Gasteiger partial charge on any atom is -0.412 e. The first kappa shape index (κ1) is 7.24. The zero-order valence-corrected chi connectivity index (χ0v) is 5.38. The summed E-state index contributed by atoms with van der Waals surface area (Å²) in [6, 6.07) is -1.06. The first-order valence-corrected chi connectivity index (χ1v) is 2.80. The number of likely N-dealkylation sites (N-methyl/N-ethyl adjacent to an activating group) is 1. The summed E-state index contributed by atoms with van der Waals surface area (Å²) < 4.78 is 28.3. The molecule has 1 saturated heterocycles. The second-order valence-electron chi connectivity index (χ2n) is 2.07. The third-order valence-electron chi connectivity index (χ3n) is 1.46.